The van der Waals surface area contributed by atoms with E-state index in [0.717, 1.165) is 86.9 Å². The maximum atomic E-state index is 15.5. The predicted octanol–water partition coefficient (Wildman–Crippen LogP) is 16.8. The summed E-state index contributed by atoms with van der Waals surface area (Å²) in [5, 5.41) is 12.5. The zero-order valence-electron chi connectivity index (χ0n) is 46.3. The van der Waals surface area contributed by atoms with Gasteiger partial charge in [-0.15, -0.1) is 0 Å². The minimum atomic E-state index is -0.541. The van der Waals surface area contributed by atoms with E-state index < -0.39 is 17.4 Å². The van der Waals surface area contributed by atoms with Crippen LogP contribution in [0.5, 0.6) is 17.2 Å². The second-order valence-electron chi connectivity index (χ2n) is 24.4. The molecule has 0 aliphatic carbocycles. The van der Waals surface area contributed by atoms with E-state index >= 15 is 4.79 Å². The number of ether oxygens (including phenoxy) is 2. The Balaban J connectivity index is 2.12. The lowest BCUT2D eigenvalue weighted by Gasteiger charge is -2.35. The molecular formula is C63H88O5. The highest BCUT2D eigenvalue weighted by molar-refractivity contribution is 6.17. The van der Waals surface area contributed by atoms with Crippen molar-refractivity contribution < 1.29 is 24.2 Å². The molecule has 1 N–H and O–H groups in total. The standard InChI is InChI=1S/C63H88O5/c1-24-52(64)67-55-42(29-38(6)31-50(55)58(10,11)12)33-43-30-39(7)32-51(59(13,14)15)56(43)68-57(66)41(9)53-46(34-44(60(16,17)25-2)36-48(53)62(20,21)27-4)40(8)47-35-45(61(18,19)26-3)37-49(54(47)65)63(22,23)28-5/h24,29-32,34-37,40,65H,1,9,25-28,33H2,2-8,10-23H3. The van der Waals surface area contributed by atoms with E-state index in [1.807, 2.05) is 6.92 Å². The zero-order chi connectivity index (χ0) is 51.9. The molecule has 0 amide bonds. The third-order valence-electron chi connectivity index (χ3n) is 15.5. The Morgan fingerprint density at radius 3 is 1.38 bits per heavy atom. The minimum Gasteiger partial charge on any atom is -0.507 e. The van der Waals surface area contributed by atoms with Gasteiger partial charge in [0, 0.05) is 51.8 Å². The fraction of sp³-hybridized carbons (Fsp3) is 0.524. The first-order valence-corrected chi connectivity index (χ1v) is 25.2. The van der Waals surface area contributed by atoms with E-state index in [-0.39, 0.29) is 38.6 Å². The Hall–Kier alpha value is -4.90. The molecule has 4 aromatic rings. The van der Waals surface area contributed by atoms with E-state index in [2.05, 4.69) is 200 Å². The average molecular weight is 925 g/mol. The number of phenols is 1. The summed E-state index contributed by atoms with van der Waals surface area (Å²) in [5.41, 5.74) is 10.8. The van der Waals surface area contributed by atoms with Crippen LogP contribution in [0.15, 0.2) is 67.8 Å². The minimum absolute atomic E-state index is 0.143. The fourth-order valence-corrected chi connectivity index (χ4v) is 9.04. The van der Waals surface area contributed by atoms with Crippen molar-refractivity contribution in [3.63, 3.8) is 0 Å². The van der Waals surface area contributed by atoms with E-state index in [4.69, 9.17) is 9.47 Å². The summed E-state index contributed by atoms with van der Waals surface area (Å²) in [6.45, 7) is 54.1. The maximum Gasteiger partial charge on any atom is 0.343 e. The second kappa shape index (κ2) is 20.2. The summed E-state index contributed by atoms with van der Waals surface area (Å²) in [7, 11) is 0. The monoisotopic (exact) mass is 925 g/mol. The first-order valence-electron chi connectivity index (χ1n) is 25.2. The number of carbonyl (C=O) groups excluding carboxylic acids is 2. The normalized spacial score (nSPS) is 13.3. The van der Waals surface area contributed by atoms with Crippen LogP contribution in [0.25, 0.3) is 5.57 Å². The molecule has 0 spiro atoms. The second-order valence-corrected chi connectivity index (χ2v) is 24.4. The van der Waals surface area contributed by atoms with Crippen molar-refractivity contribution >= 4 is 17.5 Å². The first kappa shape index (κ1) is 55.7. The van der Waals surface area contributed by atoms with Crippen LogP contribution in [-0.4, -0.2) is 17.0 Å². The van der Waals surface area contributed by atoms with Crippen LogP contribution in [0.3, 0.4) is 0 Å². The maximum absolute atomic E-state index is 15.5. The van der Waals surface area contributed by atoms with Crippen molar-refractivity contribution in [2.24, 2.45) is 0 Å². The number of esters is 2. The smallest absolute Gasteiger partial charge is 0.343 e. The summed E-state index contributed by atoms with van der Waals surface area (Å²) in [4.78, 5) is 28.4. The van der Waals surface area contributed by atoms with Crippen molar-refractivity contribution in [1.29, 1.82) is 0 Å². The molecule has 68 heavy (non-hydrogen) atoms. The SMILES string of the molecule is C=CC(=O)Oc1c(Cc2cc(C)cc(C(C)(C)C)c2OC(=O)C(=C)c2c(C(C)c3cc(C(C)(C)CC)cc(C(C)(C)CC)c3O)cc(C(C)(C)CC)cc2C(C)(C)CC)cc(C)cc1C(C)(C)C. The highest BCUT2D eigenvalue weighted by atomic mass is 16.5. The Kier molecular flexibility index (Phi) is 16.6. The van der Waals surface area contributed by atoms with Crippen molar-refractivity contribution in [1.82, 2.24) is 0 Å². The van der Waals surface area contributed by atoms with Crippen molar-refractivity contribution in [2.45, 2.75) is 216 Å². The topological polar surface area (TPSA) is 72.8 Å². The third kappa shape index (κ3) is 11.7. The van der Waals surface area contributed by atoms with Crippen LogP contribution >= 0.6 is 0 Å². The molecule has 1 unspecified atom stereocenters. The Morgan fingerprint density at radius 2 is 0.971 bits per heavy atom. The van der Waals surface area contributed by atoms with Gasteiger partial charge < -0.3 is 14.6 Å². The zero-order valence-corrected chi connectivity index (χ0v) is 46.3. The molecule has 0 saturated carbocycles. The lowest BCUT2D eigenvalue weighted by molar-refractivity contribution is -0.129. The molecule has 5 nitrogen and oxygen atoms in total. The van der Waals surface area contributed by atoms with Crippen LogP contribution in [-0.2, 0) is 48.5 Å². The highest BCUT2D eigenvalue weighted by Crippen LogP contribution is 2.49. The molecule has 4 rings (SSSR count). The third-order valence-corrected chi connectivity index (χ3v) is 15.5. The lowest BCUT2D eigenvalue weighted by atomic mass is 9.69. The Bertz CT molecular complexity index is 2560. The summed E-state index contributed by atoms with van der Waals surface area (Å²) >= 11 is 0. The summed E-state index contributed by atoms with van der Waals surface area (Å²) in [5.74, 6) is -0.135. The predicted molar refractivity (Wildman–Crippen MR) is 288 cm³/mol. The van der Waals surface area contributed by atoms with E-state index in [1.54, 1.807) is 0 Å². The van der Waals surface area contributed by atoms with Gasteiger partial charge in [-0.05, 0) is 99.8 Å². The quantitative estimate of drug-likeness (QED) is 0.0649. The van der Waals surface area contributed by atoms with Crippen molar-refractivity contribution in [3.8, 4) is 17.2 Å². The number of phenolic OH excluding ortho intramolecular Hbond substituents is 1. The van der Waals surface area contributed by atoms with Gasteiger partial charge in [0.1, 0.15) is 17.2 Å². The molecule has 0 radical (unpaired) electrons. The van der Waals surface area contributed by atoms with Gasteiger partial charge >= 0.3 is 11.9 Å². The highest BCUT2D eigenvalue weighted by Gasteiger charge is 2.36. The van der Waals surface area contributed by atoms with Gasteiger partial charge in [0.2, 0.25) is 0 Å². The molecular weight excluding hydrogens is 837 g/mol. The van der Waals surface area contributed by atoms with Gasteiger partial charge in [-0.3, -0.25) is 0 Å². The van der Waals surface area contributed by atoms with Crippen molar-refractivity contribution in [2.75, 3.05) is 0 Å². The molecule has 370 valence electrons. The number of carbonyl (C=O) groups is 2. The molecule has 0 heterocycles. The summed E-state index contributed by atoms with van der Waals surface area (Å²) in [6, 6.07) is 17.3. The van der Waals surface area contributed by atoms with E-state index in [1.165, 1.54) is 17.2 Å². The largest absolute Gasteiger partial charge is 0.507 e. The number of aromatic hydroxyl groups is 1. The molecule has 0 aliphatic heterocycles. The number of hydrogen-bond donors (Lipinski definition) is 1. The van der Waals surface area contributed by atoms with Gasteiger partial charge in [0.15, 0.2) is 0 Å². The van der Waals surface area contributed by atoms with Crippen LogP contribution < -0.4 is 9.47 Å². The van der Waals surface area contributed by atoms with E-state index in [0.29, 0.717) is 23.7 Å². The van der Waals surface area contributed by atoms with Gasteiger partial charge in [0.05, 0.1) is 5.57 Å². The van der Waals surface area contributed by atoms with Gasteiger partial charge in [0.25, 0.3) is 0 Å². The summed E-state index contributed by atoms with van der Waals surface area (Å²) in [6.07, 6.45) is 5.03. The lowest BCUT2D eigenvalue weighted by Crippen LogP contribution is -2.26. The molecule has 0 aromatic heterocycles. The number of rotatable bonds is 17. The average Bonchev–Trinajstić information content (AvgIpc) is 3.25. The molecule has 5 heteroatoms. The van der Waals surface area contributed by atoms with Gasteiger partial charge in [-0.1, -0.05) is 204 Å². The van der Waals surface area contributed by atoms with Crippen LogP contribution in [0.4, 0.5) is 0 Å². The Labute approximate surface area is 413 Å². The van der Waals surface area contributed by atoms with Crippen LogP contribution in [0, 0.1) is 13.8 Å². The number of aryl methyl sites for hydroxylation is 2. The first-order chi connectivity index (χ1) is 31.1. The van der Waals surface area contributed by atoms with E-state index in [9.17, 15) is 9.90 Å². The molecule has 1 atom stereocenters. The molecule has 4 aromatic carbocycles. The summed E-state index contributed by atoms with van der Waals surface area (Å²) < 4.78 is 12.9. The van der Waals surface area contributed by atoms with Gasteiger partial charge in [-0.25, -0.2) is 9.59 Å². The van der Waals surface area contributed by atoms with Crippen molar-refractivity contribution in [3.05, 3.63) is 140 Å². The van der Waals surface area contributed by atoms with Gasteiger partial charge in [-0.2, -0.15) is 0 Å². The van der Waals surface area contributed by atoms with Crippen LogP contribution in [0.2, 0.25) is 0 Å². The Morgan fingerprint density at radius 1 is 0.574 bits per heavy atom. The number of hydrogen-bond acceptors (Lipinski definition) is 5. The number of benzene rings is 4. The molecule has 0 aliphatic rings. The fourth-order valence-electron chi connectivity index (χ4n) is 9.04. The molecule has 0 bridgehead atoms. The van der Waals surface area contributed by atoms with Crippen LogP contribution in [0.1, 0.15) is 235 Å². The molecule has 0 saturated heterocycles. The molecule has 0 fully saturated rings.